The molecule has 0 N–H and O–H groups in total. The van der Waals surface area contributed by atoms with E-state index in [0.29, 0.717) is 11.5 Å². The van der Waals surface area contributed by atoms with Gasteiger partial charge in [0.25, 0.3) is 0 Å². The van der Waals surface area contributed by atoms with Crippen LogP contribution in [0.25, 0.3) is 0 Å². The molecule has 4 heteroatoms. The van der Waals surface area contributed by atoms with Gasteiger partial charge < -0.3 is 9.47 Å². The van der Waals surface area contributed by atoms with E-state index in [1.807, 2.05) is 32.0 Å². The minimum atomic E-state index is -0.370. The maximum atomic E-state index is 13.4. The smallest absolute Gasteiger partial charge is 0.161 e. The van der Waals surface area contributed by atoms with Crippen molar-refractivity contribution in [1.82, 2.24) is 0 Å². The van der Waals surface area contributed by atoms with E-state index in [2.05, 4.69) is 0 Å². The molecule has 1 atom stereocenters. The molecule has 2 aromatic carbocycles. The van der Waals surface area contributed by atoms with E-state index in [-0.39, 0.29) is 11.2 Å². The number of aryl methyl sites for hydroxylation is 2. The molecule has 2 rings (SSSR count). The van der Waals surface area contributed by atoms with Gasteiger partial charge in [0.2, 0.25) is 0 Å². The highest BCUT2D eigenvalue weighted by molar-refractivity contribution is 6.22. The molecule has 112 valence electrons. The van der Waals surface area contributed by atoms with Crippen LogP contribution in [0.3, 0.4) is 0 Å². The number of methoxy groups -OCH3 is 2. The third kappa shape index (κ3) is 3.13. The minimum absolute atomic E-state index is 0.245. The summed E-state index contributed by atoms with van der Waals surface area (Å²) in [4.78, 5) is 0. The van der Waals surface area contributed by atoms with Crippen LogP contribution in [-0.2, 0) is 0 Å². The molecule has 0 heterocycles. The van der Waals surface area contributed by atoms with Crippen LogP contribution in [0.4, 0.5) is 4.39 Å². The highest BCUT2D eigenvalue weighted by Crippen LogP contribution is 2.37. The second-order valence-electron chi connectivity index (χ2n) is 4.93. The summed E-state index contributed by atoms with van der Waals surface area (Å²) in [6.07, 6.45) is 0. The fourth-order valence-corrected chi connectivity index (χ4v) is 2.98. The number of hydrogen-bond acceptors (Lipinski definition) is 2. The van der Waals surface area contributed by atoms with Gasteiger partial charge in [-0.1, -0.05) is 6.07 Å². The van der Waals surface area contributed by atoms with Gasteiger partial charge in [-0.05, 0) is 60.4 Å². The van der Waals surface area contributed by atoms with Gasteiger partial charge in [-0.15, -0.1) is 11.6 Å². The first-order valence-corrected chi connectivity index (χ1v) is 7.04. The van der Waals surface area contributed by atoms with Gasteiger partial charge in [-0.3, -0.25) is 0 Å². The standard InChI is InChI=1S/C17H18ClFO2/c1-10-7-13(19)8-11(2)16(10)17(18)12-5-6-14(20-3)15(9-12)21-4/h5-9,17H,1-4H3. The lowest BCUT2D eigenvalue weighted by molar-refractivity contribution is 0.354. The Kier molecular flexibility index (Phi) is 4.73. The maximum absolute atomic E-state index is 13.4. The Morgan fingerprint density at radius 3 is 2.05 bits per heavy atom. The third-order valence-electron chi connectivity index (χ3n) is 3.51. The van der Waals surface area contributed by atoms with E-state index in [1.165, 1.54) is 12.1 Å². The second-order valence-corrected chi connectivity index (χ2v) is 5.37. The fraction of sp³-hybridized carbons (Fsp3) is 0.294. The van der Waals surface area contributed by atoms with Crippen LogP contribution in [-0.4, -0.2) is 14.2 Å². The van der Waals surface area contributed by atoms with Crippen molar-refractivity contribution >= 4 is 11.6 Å². The van der Waals surface area contributed by atoms with E-state index in [4.69, 9.17) is 21.1 Å². The lowest BCUT2D eigenvalue weighted by Crippen LogP contribution is -2.01. The summed E-state index contributed by atoms with van der Waals surface area (Å²) in [5.74, 6) is 1.03. The summed E-state index contributed by atoms with van der Waals surface area (Å²) < 4.78 is 23.9. The molecule has 0 fully saturated rings. The maximum Gasteiger partial charge on any atom is 0.161 e. The zero-order valence-electron chi connectivity index (χ0n) is 12.5. The van der Waals surface area contributed by atoms with Crippen molar-refractivity contribution in [2.75, 3.05) is 14.2 Å². The van der Waals surface area contributed by atoms with Crippen LogP contribution in [0.15, 0.2) is 30.3 Å². The van der Waals surface area contributed by atoms with Crippen molar-refractivity contribution in [3.63, 3.8) is 0 Å². The third-order valence-corrected chi connectivity index (χ3v) is 3.98. The molecule has 0 amide bonds. The topological polar surface area (TPSA) is 18.5 Å². The molecule has 0 aliphatic carbocycles. The van der Waals surface area contributed by atoms with E-state index < -0.39 is 0 Å². The summed E-state index contributed by atoms with van der Waals surface area (Å²) in [6.45, 7) is 3.73. The van der Waals surface area contributed by atoms with E-state index >= 15 is 0 Å². The molecule has 0 saturated carbocycles. The molecule has 0 saturated heterocycles. The average Bonchev–Trinajstić information content (AvgIpc) is 2.45. The summed E-state index contributed by atoms with van der Waals surface area (Å²) in [5, 5.41) is -0.370. The summed E-state index contributed by atoms with van der Waals surface area (Å²) in [5.41, 5.74) is 3.47. The van der Waals surface area contributed by atoms with Crippen LogP contribution in [0.1, 0.15) is 27.6 Å². The largest absolute Gasteiger partial charge is 0.493 e. The van der Waals surface area contributed by atoms with Crippen LogP contribution in [0.2, 0.25) is 0 Å². The molecule has 0 aliphatic rings. The van der Waals surface area contributed by atoms with E-state index in [9.17, 15) is 4.39 Å². The van der Waals surface area contributed by atoms with Gasteiger partial charge in [0, 0.05) is 0 Å². The highest BCUT2D eigenvalue weighted by Gasteiger charge is 2.18. The minimum Gasteiger partial charge on any atom is -0.493 e. The molecule has 0 bridgehead atoms. The van der Waals surface area contributed by atoms with Gasteiger partial charge in [0.05, 0.1) is 19.6 Å². The Balaban J connectivity index is 2.47. The van der Waals surface area contributed by atoms with Crippen LogP contribution in [0.5, 0.6) is 11.5 Å². The lowest BCUT2D eigenvalue weighted by atomic mass is 9.95. The zero-order valence-corrected chi connectivity index (χ0v) is 13.3. The van der Waals surface area contributed by atoms with Gasteiger partial charge in [0.1, 0.15) is 5.82 Å². The van der Waals surface area contributed by atoms with Crippen LogP contribution < -0.4 is 9.47 Å². The second kappa shape index (κ2) is 6.35. The Morgan fingerprint density at radius 1 is 0.952 bits per heavy atom. The normalized spacial score (nSPS) is 12.1. The fourth-order valence-electron chi connectivity index (χ4n) is 2.50. The van der Waals surface area contributed by atoms with Gasteiger partial charge in [-0.2, -0.15) is 0 Å². The number of halogens is 2. The summed E-state index contributed by atoms with van der Waals surface area (Å²) >= 11 is 6.60. The Hall–Kier alpha value is -1.74. The average molecular weight is 309 g/mol. The van der Waals surface area contributed by atoms with E-state index in [1.54, 1.807) is 14.2 Å². The molecular formula is C17H18ClFO2. The monoisotopic (exact) mass is 308 g/mol. The number of alkyl halides is 1. The predicted molar refractivity (Wildman–Crippen MR) is 83.1 cm³/mol. The molecule has 2 aromatic rings. The quantitative estimate of drug-likeness (QED) is 0.756. The molecule has 0 aromatic heterocycles. The van der Waals surface area contributed by atoms with Crippen LogP contribution >= 0.6 is 11.6 Å². The number of rotatable bonds is 4. The zero-order chi connectivity index (χ0) is 15.6. The SMILES string of the molecule is COc1ccc(C(Cl)c2c(C)cc(F)cc2C)cc1OC. The molecule has 0 spiro atoms. The summed E-state index contributed by atoms with van der Waals surface area (Å²) in [7, 11) is 3.17. The first-order chi connectivity index (χ1) is 9.97. The van der Waals surface area contributed by atoms with Crippen molar-refractivity contribution in [1.29, 1.82) is 0 Å². The number of ether oxygens (including phenoxy) is 2. The first kappa shape index (κ1) is 15.6. The lowest BCUT2D eigenvalue weighted by Gasteiger charge is -2.18. The first-order valence-electron chi connectivity index (χ1n) is 6.60. The van der Waals surface area contributed by atoms with Crippen molar-refractivity contribution in [2.24, 2.45) is 0 Å². The van der Waals surface area contributed by atoms with Crippen molar-refractivity contribution in [2.45, 2.75) is 19.2 Å². The highest BCUT2D eigenvalue weighted by atomic mass is 35.5. The number of hydrogen-bond donors (Lipinski definition) is 0. The van der Waals surface area contributed by atoms with Gasteiger partial charge in [-0.25, -0.2) is 4.39 Å². The number of benzene rings is 2. The van der Waals surface area contributed by atoms with Crippen molar-refractivity contribution in [3.05, 3.63) is 58.4 Å². The molecule has 21 heavy (non-hydrogen) atoms. The Morgan fingerprint density at radius 2 is 1.52 bits per heavy atom. The molecular weight excluding hydrogens is 291 g/mol. The van der Waals surface area contributed by atoms with Gasteiger partial charge in [0.15, 0.2) is 11.5 Å². The molecule has 1 unspecified atom stereocenters. The Bertz CT molecular complexity index is 632. The van der Waals surface area contributed by atoms with Crippen molar-refractivity contribution < 1.29 is 13.9 Å². The molecule has 2 nitrogen and oxygen atoms in total. The van der Waals surface area contributed by atoms with Gasteiger partial charge >= 0.3 is 0 Å². The molecule has 0 aliphatic heterocycles. The molecule has 0 radical (unpaired) electrons. The predicted octanol–water partition coefficient (Wildman–Crippen LogP) is 4.79. The van der Waals surface area contributed by atoms with Crippen molar-refractivity contribution in [3.8, 4) is 11.5 Å². The van der Waals surface area contributed by atoms with E-state index in [0.717, 1.165) is 22.3 Å². The summed E-state index contributed by atoms with van der Waals surface area (Å²) in [6, 6.07) is 8.55. The van der Waals surface area contributed by atoms with Crippen LogP contribution in [0, 0.1) is 19.7 Å². The Labute approximate surface area is 129 Å².